The topological polar surface area (TPSA) is 63.4 Å². The first-order valence-corrected chi connectivity index (χ1v) is 4.30. The molecule has 1 rings (SSSR count). The second-order valence-corrected chi connectivity index (χ2v) is 4.77. The van der Waals surface area contributed by atoms with E-state index in [4.69, 9.17) is 0 Å². The Morgan fingerprint density at radius 1 is 1.54 bits per heavy atom. The summed E-state index contributed by atoms with van der Waals surface area (Å²) in [5.74, 6) is 0. The molecule has 0 aromatic carbocycles. The van der Waals surface area contributed by atoms with Crippen molar-refractivity contribution in [2.75, 3.05) is 0 Å². The summed E-state index contributed by atoms with van der Waals surface area (Å²) in [5.41, 5.74) is -1.11. The molecule has 0 aliphatic heterocycles. The average Bonchev–Trinajstić information content (AvgIpc) is 1.79. The number of rotatable bonds is 1. The fourth-order valence-electron chi connectivity index (χ4n) is 2.10. The lowest BCUT2D eigenvalue weighted by atomic mass is 9.73. The van der Waals surface area contributed by atoms with Crippen molar-refractivity contribution in [2.24, 2.45) is 5.41 Å². The second kappa shape index (κ2) is 2.80. The lowest BCUT2D eigenvalue weighted by Gasteiger charge is -2.34. The molecule has 0 fully saturated rings. The molecule has 0 aromatic rings. The van der Waals surface area contributed by atoms with Crippen molar-refractivity contribution in [2.45, 2.75) is 39.2 Å². The highest BCUT2D eigenvalue weighted by Gasteiger charge is 2.39. The summed E-state index contributed by atoms with van der Waals surface area (Å²) in [4.78, 5) is 10.1. The van der Waals surface area contributed by atoms with Crippen LogP contribution in [-0.4, -0.2) is 15.6 Å². The average molecular weight is 185 g/mol. The van der Waals surface area contributed by atoms with Gasteiger partial charge in [-0.15, -0.1) is 0 Å². The van der Waals surface area contributed by atoms with E-state index in [1.807, 2.05) is 13.8 Å². The van der Waals surface area contributed by atoms with Gasteiger partial charge in [0.15, 0.2) is 0 Å². The summed E-state index contributed by atoms with van der Waals surface area (Å²) in [5, 5.41) is 20.3. The minimum Gasteiger partial charge on any atom is -0.386 e. The van der Waals surface area contributed by atoms with Crippen LogP contribution in [0.15, 0.2) is 11.8 Å². The molecule has 1 unspecified atom stereocenters. The summed E-state index contributed by atoms with van der Waals surface area (Å²) < 4.78 is 0. The summed E-state index contributed by atoms with van der Waals surface area (Å²) in [6.45, 7) is 5.47. The van der Waals surface area contributed by atoms with Crippen LogP contribution in [0.3, 0.4) is 0 Å². The zero-order chi connectivity index (χ0) is 10.3. The predicted octanol–water partition coefficient (Wildman–Crippen LogP) is 1.72. The van der Waals surface area contributed by atoms with Gasteiger partial charge in [-0.2, -0.15) is 0 Å². The monoisotopic (exact) mass is 185 g/mol. The van der Waals surface area contributed by atoms with Crippen LogP contribution in [0.1, 0.15) is 33.6 Å². The fraction of sp³-hybridized carbons (Fsp3) is 0.778. The Morgan fingerprint density at radius 3 is 2.46 bits per heavy atom. The summed E-state index contributed by atoms with van der Waals surface area (Å²) in [6, 6.07) is 0. The molecular weight excluding hydrogens is 170 g/mol. The minimum atomic E-state index is -1.04. The highest BCUT2D eigenvalue weighted by molar-refractivity contribution is 5.12. The fourth-order valence-corrected chi connectivity index (χ4v) is 2.10. The molecule has 1 aliphatic rings. The van der Waals surface area contributed by atoms with E-state index in [2.05, 4.69) is 0 Å². The normalized spacial score (nSPS) is 32.5. The number of nitrogens with zero attached hydrogens (tertiary/aromatic N) is 1. The lowest BCUT2D eigenvalue weighted by molar-refractivity contribution is -0.432. The first-order valence-electron chi connectivity index (χ1n) is 4.30. The Morgan fingerprint density at radius 2 is 2.08 bits per heavy atom. The zero-order valence-corrected chi connectivity index (χ0v) is 8.20. The summed E-state index contributed by atoms with van der Waals surface area (Å²) in [6.07, 6.45) is 2.35. The van der Waals surface area contributed by atoms with Gasteiger partial charge in [-0.05, 0) is 18.8 Å². The van der Waals surface area contributed by atoms with Gasteiger partial charge in [0.05, 0.1) is 10.5 Å². The molecule has 0 aromatic heterocycles. The van der Waals surface area contributed by atoms with E-state index in [0.717, 1.165) is 0 Å². The number of aliphatic hydroxyl groups is 1. The highest BCUT2D eigenvalue weighted by Crippen LogP contribution is 2.39. The van der Waals surface area contributed by atoms with Gasteiger partial charge in [0.2, 0.25) is 5.70 Å². The van der Waals surface area contributed by atoms with Gasteiger partial charge in [0, 0.05) is 12.5 Å². The maximum absolute atomic E-state index is 10.6. The van der Waals surface area contributed by atoms with Crippen LogP contribution in [-0.2, 0) is 0 Å². The molecule has 13 heavy (non-hydrogen) atoms. The third kappa shape index (κ3) is 2.52. The van der Waals surface area contributed by atoms with Crippen LogP contribution >= 0.6 is 0 Å². The Labute approximate surface area is 77.4 Å². The molecule has 74 valence electrons. The molecule has 0 heterocycles. The number of nitro groups is 1. The van der Waals surface area contributed by atoms with E-state index in [1.54, 1.807) is 6.92 Å². The highest BCUT2D eigenvalue weighted by atomic mass is 16.6. The van der Waals surface area contributed by atoms with Crippen molar-refractivity contribution in [3.63, 3.8) is 0 Å². The minimum absolute atomic E-state index is 0.126. The van der Waals surface area contributed by atoms with Gasteiger partial charge in [-0.3, -0.25) is 10.1 Å². The van der Waals surface area contributed by atoms with Gasteiger partial charge in [-0.1, -0.05) is 13.8 Å². The Kier molecular flexibility index (Phi) is 2.20. The van der Waals surface area contributed by atoms with Crippen LogP contribution in [0.4, 0.5) is 0 Å². The van der Waals surface area contributed by atoms with E-state index >= 15 is 0 Å². The van der Waals surface area contributed by atoms with Crippen molar-refractivity contribution < 1.29 is 10.0 Å². The number of hydrogen-bond donors (Lipinski definition) is 1. The van der Waals surface area contributed by atoms with Crippen LogP contribution in [0.25, 0.3) is 0 Å². The molecule has 0 saturated carbocycles. The lowest BCUT2D eigenvalue weighted by Crippen LogP contribution is -2.35. The Bertz CT molecular complexity index is 266. The smallest absolute Gasteiger partial charge is 0.245 e. The van der Waals surface area contributed by atoms with Gasteiger partial charge < -0.3 is 5.11 Å². The largest absolute Gasteiger partial charge is 0.386 e. The van der Waals surface area contributed by atoms with Crippen molar-refractivity contribution in [3.8, 4) is 0 Å². The summed E-state index contributed by atoms with van der Waals surface area (Å²) >= 11 is 0. The standard InChI is InChI=1S/C9H15NO3/c1-8(2)4-7(10(12)13)5-9(3,11)6-8/h5,11H,4,6H2,1-3H3. The molecule has 0 saturated heterocycles. The van der Waals surface area contributed by atoms with Crippen molar-refractivity contribution in [1.29, 1.82) is 0 Å². The molecule has 1 atom stereocenters. The molecule has 4 nitrogen and oxygen atoms in total. The maximum Gasteiger partial charge on any atom is 0.245 e. The molecule has 1 aliphatic carbocycles. The first kappa shape index (κ1) is 10.2. The van der Waals surface area contributed by atoms with E-state index in [0.29, 0.717) is 12.8 Å². The van der Waals surface area contributed by atoms with Crippen molar-refractivity contribution in [1.82, 2.24) is 0 Å². The predicted molar refractivity (Wildman–Crippen MR) is 48.7 cm³/mol. The Hall–Kier alpha value is -0.900. The van der Waals surface area contributed by atoms with E-state index in [9.17, 15) is 15.2 Å². The molecule has 1 N–H and O–H groups in total. The quantitative estimate of drug-likeness (QED) is 0.499. The van der Waals surface area contributed by atoms with Gasteiger partial charge >= 0.3 is 0 Å². The van der Waals surface area contributed by atoms with Crippen LogP contribution in [0.2, 0.25) is 0 Å². The van der Waals surface area contributed by atoms with Gasteiger partial charge in [-0.25, -0.2) is 0 Å². The van der Waals surface area contributed by atoms with Crippen LogP contribution < -0.4 is 0 Å². The number of allylic oxidation sites excluding steroid dienone is 1. The van der Waals surface area contributed by atoms with Crippen molar-refractivity contribution in [3.05, 3.63) is 21.9 Å². The third-order valence-electron chi connectivity index (χ3n) is 2.21. The van der Waals surface area contributed by atoms with E-state index < -0.39 is 10.5 Å². The maximum atomic E-state index is 10.6. The van der Waals surface area contributed by atoms with Crippen LogP contribution in [0.5, 0.6) is 0 Å². The number of hydrogen-bond acceptors (Lipinski definition) is 3. The van der Waals surface area contributed by atoms with E-state index in [-0.39, 0.29) is 11.1 Å². The Balaban J connectivity index is 2.99. The van der Waals surface area contributed by atoms with Crippen LogP contribution in [0, 0.1) is 15.5 Å². The zero-order valence-electron chi connectivity index (χ0n) is 8.20. The first-order chi connectivity index (χ1) is 5.72. The third-order valence-corrected chi connectivity index (χ3v) is 2.21. The van der Waals surface area contributed by atoms with Gasteiger partial charge in [0.1, 0.15) is 0 Å². The summed E-state index contributed by atoms with van der Waals surface area (Å²) in [7, 11) is 0. The molecule has 0 radical (unpaired) electrons. The van der Waals surface area contributed by atoms with Gasteiger partial charge in [0.25, 0.3) is 0 Å². The SMILES string of the molecule is CC1(O)C=C([N+](=O)[O-])CC(C)(C)C1. The molecule has 0 amide bonds. The molecule has 4 heteroatoms. The van der Waals surface area contributed by atoms with Crippen molar-refractivity contribution >= 4 is 0 Å². The molecular formula is C9H15NO3. The second-order valence-electron chi connectivity index (χ2n) is 4.77. The molecule has 0 bridgehead atoms. The van der Waals surface area contributed by atoms with E-state index in [1.165, 1.54) is 6.08 Å². The molecule has 0 spiro atoms.